The van der Waals surface area contributed by atoms with E-state index >= 15 is 0 Å². The smallest absolute Gasteiger partial charge is 0.262 e. The normalized spacial score (nSPS) is 11.3. The first kappa shape index (κ1) is 22.9. The first-order chi connectivity index (χ1) is 15.4. The van der Waals surface area contributed by atoms with Crippen molar-refractivity contribution in [2.45, 2.75) is 17.1 Å². The number of nitrogens with two attached hydrogens (primary N) is 1. The molecule has 3 rings (SSSR count). The van der Waals surface area contributed by atoms with Crippen molar-refractivity contribution in [3.05, 3.63) is 84.4 Å². The summed E-state index contributed by atoms with van der Waals surface area (Å²) in [5.41, 5.74) is 6.79. The Labute approximate surface area is 190 Å². The molecular weight excluding hydrogens is 426 g/mol. The van der Waals surface area contributed by atoms with E-state index in [9.17, 15) is 14.4 Å². The number of carbonyl (C=O) groups excluding carboxylic acids is 3. The number of hydrogen-bond donors (Lipinski definition) is 3. The number of benzene rings is 3. The van der Waals surface area contributed by atoms with E-state index in [2.05, 4.69) is 10.6 Å². The zero-order valence-electron chi connectivity index (χ0n) is 17.4. The number of carbonyl (C=O) groups is 3. The van der Waals surface area contributed by atoms with Crippen LogP contribution in [0.15, 0.2) is 83.8 Å². The third kappa shape index (κ3) is 6.88. The van der Waals surface area contributed by atoms with E-state index in [1.54, 1.807) is 55.5 Å². The Morgan fingerprint density at radius 1 is 0.906 bits per heavy atom. The fraction of sp³-hybridized carbons (Fsp3) is 0.125. The maximum absolute atomic E-state index is 12.5. The molecule has 0 saturated heterocycles. The van der Waals surface area contributed by atoms with Gasteiger partial charge in [-0.05, 0) is 61.5 Å². The molecule has 0 aliphatic carbocycles. The zero-order chi connectivity index (χ0) is 22.9. The van der Waals surface area contributed by atoms with Gasteiger partial charge in [0.25, 0.3) is 5.91 Å². The van der Waals surface area contributed by atoms with Gasteiger partial charge in [0.15, 0.2) is 6.61 Å². The van der Waals surface area contributed by atoms with Gasteiger partial charge in [-0.25, -0.2) is 0 Å². The lowest BCUT2D eigenvalue weighted by molar-refractivity contribution is -0.118. The van der Waals surface area contributed by atoms with Crippen molar-refractivity contribution in [2.75, 3.05) is 17.2 Å². The molecule has 8 heteroatoms. The largest absolute Gasteiger partial charge is 0.484 e. The van der Waals surface area contributed by atoms with Crippen LogP contribution in [-0.2, 0) is 9.59 Å². The number of ether oxygens (including phenoxy) is 1. The molecule has 7 nitrogen and oxygen atoms in total. The molecule has 1 atom stereocenters. The number of primary amides is 1. The van der Waals surface area contributed by atoms with Crippen LogP contribution < -0.4 is 21.1 Å². The van der Waals surface area contributed by atoms with Crippen LogP contribution in [0.5, 0.6) is 5.75 Å². The zero-order valence-corrected chi connectivity index (χ0v) is 18.2. The van der Waals surface area contributed by atoms with Crippen LogP contribution in [0.4, 0.5) is 11.4 Å². The lowest BCUT2D eigenvalue weighted by Gasteiger charge is -2.13. The van der Waals surface area contributed by atoms with E-state index in [1.807, 2.05) is 30.3 Å². The van der Waals surface area contributed by atoms with E-state index in [1.165, 1.54) is 11.8 Å². The Kier molecular flexibility index (Phi) is 7.88. The highest BCUT2D eigenvalue weighted by Gasteiger charge is 2.15. The Bertz CT molecular complexity index is 1090. The minimum atomic E-state index is -0.523. The predicted octanol–water partition coefficient (Wildman–Crippen LogP) is 3.92. The number of nitrogens with one attached hydrogen (secondary N) is 2. The van der Waals surface area contributed by atoms with E-state index < -0.39 is 11.2 Å². The molecule has 4 N–H and O–H groups in total. The van der Waals surface area contributed by atoms with Crippen molar-refractivity contribution >= 4 is 40.9 Å². The molecule has 0 spiro atoms. The van der Waals surface area contributed by atoms with Gasteiger partial charge in [0.2, 0.25) is 11.8 Å². The summed E-state index contributed by atoms with van der Waals surface area (Å²) in [5, 5.41) is 5.21. The second kappa shape index (κ2) is 11.0. The predicted molar refractivity (Wildman–Crippen MR) is 126 cm³/mol. The average Bonchev–Trinajstić information content (AvgIpc) is 2.79. The maximum atomic E-state index is 12.5. The second-order valence-electron chi connectivity index (χ2n) is 6.87. The molecule has 32 heavy (non-hydrogen) atoms. The van der Waals surface area contributed by atoms with Crippen LogP contribution in [0.1, 0.15) is 17.3 Å². The van der Waals surface area contributed by atoms with Crippen molar-refractivity contribution in [1.82, 2.24) is 0 Å². The fourth-order valence-corrected chi connectivity index (χ4v) is 3.66. The lowest BCUT2D eigenvalue weighted by atomic mass is 10.2. The summed E-state index contributed by atoms with van der Waals surface area (Å²) in [6.07, 6.45) is 0. The third-order valence-corrected chi connectivity index (χ3v) is 5.44. The fourth-order valence-electron chi connectivity index (χ4n) is 2.73. The Balaban J connectivity index is 1.52. The van der Waals surface area contributed by atoms with Gasteiger partial charge in [0.1, 0.15) is 5.75 Å². The van der Waals surface area contributed by atoms with Crippen LogP contribution in [-0.4, -0.2) is 29.6 Å². The monoisotopic (exact) mass is 449 g/mol. The van der Waals surface area contributed by atoms with Crippen molar-refractivity contribution in [3.8, 4) is 5.75 Å². The minimum absolute atomic E-state index is 0.102. The van der Waals surface area contributed by atoms with Crippen molar-refractivity contribution in [2.24, 2.45) is 5.73 Å². The summed E-state index contributed by atoms with van der Waals surface area (Å²) in [6, 6.07) is 22.7. The van der Waals surface area contributed by atoms with Crippen LogP contribution in [0.2, 0.25) is 0 Å². The molecule has 3 amide bonds. The van der Waals surface area contributed by atoms with Crippen LogP contribution in [0.3, 0.4) is 0 Å². The SMILES string of the molecule is CC(Sc1cccc(NC(=O)COc2ccccc2)c1)C(=O)Nc1ccc(C(N)=O)cc1. The minimum Gasteiger partial charge on any atom is -0.484 e. The molecule has 164 valence electrons. The first-order valence-corrected chi connectivity index (χ1v) is 10.7. The van der Waals surface area contributed by atoms with Gasteiger partial charge in [-0.3, -0.25) is 14.4 Å². The number of thioether (sulfide) groups is 1. The average molecular weight is 450 g/mol. The number of rotatable bonds is 9. The highest BCUT2D eigenvalue weighted by Crippen LogP contribution is 2.26. The molecule has 0 radical (unpaired) electrons. The molecule has 0 fully saturated rings. The van der Waals surface area contributed by atoms with Crippen LogP contribution in [0.25, 0.3) is 0 Å². The lowest BCUT2D eigenvalue weighted by Crippen LogP contribution is -2.22. The van der Waals surface area contributed by atoms with Crippen molar-refractivity contribution in [1.29, 1.82) is 0 Å². The van der Waals surface area contributed by atoms with E-state index in [-0.39, 0.29) is 18.4 Å². The quantitative estimate of drug-likeness (QED) is 0.429. The van der Waals surface area contributed by atoms with Crippen molar-refractivity contribution < 1.29 is 19.1 Å². The molecule has 0 aromatic heterocycles. The van der Waals surface area contributed by atoms with Gasteiger partial charge in [-0.15, -0.1) is 11.8 Å². The number of amides is 3. The number of hydrogen-bond acceptors (Lipinski definition) is 5. The summed E-state index contributed by atoms with van der Waals surface area (Å²) >= 11 is 1.36. The van der Waals surface area contributed by atoms with Gasteiger partial charge in [-0.1, -0.05) is 24.3 Å². The first-order valence-electron chi connectivity index (χ1n) is 9.86. The van der Waals surface area contributed by atoms with Gasteiger partial charge in [0, 0.05) is 21.8 Å². The summed E-state index contributed by atoms with van der Waals surface area (Å²) in [4.78, 5) is 36.6. The highest BCUT2D eigenvalue weighted by molar-refractivity contribution is 8.00. The van der Waals surface area contributed by atoms with Gasteiger partial charge in [0.05, 0.1) is 5.25 Å². The second-order valence-corrected chi connectivity index (χ2v) is 8.28. The molecule has 0 saturated carbocycles. The summed E-state index contributed by atoms with van der Waals surface area (Å²) in [5.74, 6) is -0.366. The molecular formula is C24H23N3O4S. The van der Waals surface area contributed by atoms with E-state index in [0.29, 0.717) is 22.7 Å². The topological polar surface area (TPSA) is 111 Å². The van der Waals surface area contributed by atoms with Crippen molar-refractivity contribution in [3.63, 3.8) is 0 Å². The van der Waals surface area contributed by atoms with Crippen LogP contribution in [0, 0.1) is 0 Å². The summed E-state index contributed by atoms with van der Waals surface area (Å²) in [6.45, 7) is 1.69. The molecule has 0 aliphatic heterocycles. The third-order valence-electron chi connectivity index (χ3n) is 4.35. The van der Waals surface area contributed by atoms with E-state index in [0.717, 1.165) is 4.90 Å². The molecule has 1 unspecified atom stereocenters. The Morgan fingerprint density at radius 3 is 2.31 bits per heavy atom. The number of para-hydroxylation sites is 1. The Hall–Kier alpha value is -3.78. The molecule has 0 aliphatic rings. The molecule has 3 aromatic rings. The molecule has 0 heterocycles. The standard InChI is InChI=1S/C24H23N3O4S/c1-16(24(30)27-18-12-10-17(11-13-18)23(25)29)32-21-9-5-6-19(14-21)26-22(28)15-31-20-7-3-2-4-8-20/h2-14,16H,15H2,1H3,(H2,25,29)(H,26,28)(H,27,30). The summed E-state index contributed by atoms with van der Waals surface area (Å²) < 4.78 is 5.45. The molecule has 0 bridgehead atoms. The summed E-state index contributed by atoms with van der Waals surface area (Å²) in [7, 11) is 0. The number of anilines is 2. The Morgan fingerprint density at radius 2 is 1.62 bits per heavy atom. The van der Waals surface area contributed by atoms with Gasteiger partial charge >= 0.3 is 0 Å². The van der Waals surface area contributed by atoms with Gasteiger partial charge < -0.3 is 21.1 Å². The van der Waals surface area contributed by atoms with Gasteiger partial charge in [-0.2, -0.15) is 0 Å². The maximum Gasteiger partial charge on any atom is 0.262 e. The molecule has 3 aromatic carbocycles. The van der Waals surface area contributed by atoms with Crippen LogP contribution >= 0.6 is 11.8 Å². The van der Waals surface area contributed by atoms with E-state index in [4.69, 9.17) is 10.5 Å². The highest BCUT2D eigenvalue weighted by atomic mass is 32.2.